The van der Waals surface area contributed by atoms with E-state index < -0.39 is 32.2 Å². The van der Waals surface area contributed by atoms with Gasteiger partial charge in [0.25, 0.3) is 0 Å². The summed E-state index contributed by atoms with van der Waals surface area (Å²) in [6, 6.07) is 5.00. The molecule has 0 saturated heterocycles. The van der Waals surface area contributed by atoms with E-state index in [-0.39, 0.29) is 41.8 Å². The number of phenolic OH excluding ortho intramolecular Hbond substituents is 1. The zero-order valence-corrected chi connectivity index (χ0v) is 14.4. The van der Waals surface area contributed by atoms with Gasteiger partial charge in [0, 0.05) is 17.3 Å². The van der Waals surface area contributed by atoms with Crippen LogP contribution in [0.25, 0.3) is 0 Å². The van der Waals surface area contributed by atoms with Crippen molar-refractivity contribution in [2.24, 2.45) is 5.14 Å². The summed E-state index contributed by atoms with van der Waals surface area (Å²) >= 11 is 0. The van der Waals surface area contributed by atoms with Crippen molar-refractivity contribution in [3.05, 3.63) is 41.9 Å². The number of phenols is 1. The second kappa shape index (κ2) is 7.16. The summed E-state index contributed by atoms with van der Waals surface area (Å²) < 4.78 is 27.6. The number of hydrogen-bond donors (Lipinski definition) is 3. The molecule has 0 aliphatic carbocycles. The molecule has 10 heteroatoms. The Bertz CT molecular complexity index is 773. The van der Waals surface area contributed by atoms with Crippen LogP contribution < -0.4 is 45.1 Å². The maximum absolute atomic E-state index is 11.3. The molecule has 2 aromatic rings. The van der Waals surface area contributed by atoms with E-state index in [0.29, 0.717) is 5.76 Å². The number of nitrogens with one attached hydrogen (secondary N) is 1. The van der Waals surface area contributed by atoms with Crippen LogP contribution in [0.4, 0.5) is 5.69 Å². The van der Waals surface area contributed by atoms with Gasteiger partial charge in [-0.05, 0) is 18.2 Å². The second-order valence-corrected chi connectivity index (χ2v) is 5.66. The predicted octanol–water partition coefficient (Wildman–Crippen LogP) is -3.39. The fourth-order valence-corrected chi connectivity index (χ4v) is 2.34. The zero-order chi connectivity index (χ0) is 15.6. The van der Waals surface area contributed by atoms with Crippen LogP contribution in [0.15, 0.2) is 39.8 Å². The van der Waals surface area contributed by atoms with Gasteiger partial charge in [0.2, 0.25) is 10.0 Å². The van der Waals surface area contributed by atoms with Gasteiger partial charge < -0.3 is 24.7 Å². The average Bonchev–Trinajstić information content (AvgIpc) is 2.87. The van der Waals surface area contributed by atoms with E-state index in [4.69, 9.17) is 9.56 Å². The van der Waals surface area contributed by atoms with Gasteiger partial charge in [-0.15, -0.1) is 0 Å². The first-order chi connectivity index (χ1) is 9.79. The minimum absolute atomic E-state index is 0. The molecule has 8 nitrogen and oxygen atoms in total. The Hall–Kier alpha value is -1.52. The molecule has 0 bridgehead atoms. The Morgan fingerprint density at radius 1 is 1.41 bits per heavy atom. The molecule has 0 saturated carbocycles. The number of furan rings is 1. The normalized spacial score (nSPS) is 10.8. The summed E-state index contributed by atoms with van der Waals surface area (Å²) in [6.07, 6.45) is 1.44. The summed E-state index contributed by atoms with van der Waals surface area (Å²) in [5, 5.41) is 28.3. The standard InChI is InChI=1S/C12H12N2O6S.Na/c13-21(18,19)11-4-8(12(16)17)9(5-10(11)15)14-6-7-2-1-3-20-7;/h1-5,14-15H,6H2,(H,16,17)(H2,13,18,19);/q;+1/p-1. The molecular formula is C12H11N2NaO6S. The van der Waals surface area contributed by atoms with Crippen LogP contribution >= 0.6 is 0 Å². The number of carbonyl (C=O) groups is 1. The quantitative estimate of drug-likeness (QED) is 0.483. The van der Waals surface area contributed by atoms with Crippen LogP contribution in [-0.4, -0.2) is 19.5 Å². The number of aromatic hydroxyl groups is 1. The van der Waals surface area contributed by atoms with Crippen molar-refractivity contribution in [3.63, 3.8) is 0 Å². The molecule has 4 N–H and O–H groups in total. The minimum Gasteiger partial charge on any atom is -0.545 e. The van der Waals surface area contributed by atoms with E-state index in [1.165, 1.54) is 6.26 Å². The average molecular weight is 334 g/mol. The Kier molecular flexibility index (Phi) is 6.03. The molecule has 0 atom stereocenters. The van der Waals surface area contributed by atoms with Gasteiger partial charge in [-0.1, -0.05) is 0 Å². The minimum atomic E-state index is -4.25. The molecule has 1 aromatic carbocycles. The fourth-order valence-electron chi connectivity index (χ4n) is 1.71. The molecule has 0 radical (unpaired) electrons. The van der Waals surface area contributed by atoms with Crippen LogP contribution in [0, 0.1) is 0 Å². The third-order valence-corrected chi connectivity index (χ3v) is 3.60. The van der Waals surface area contributed by atoms with Gasteiger partial charge >= 0.3 is 29.6 Å². The van der Waals surface area contributed by atoms with Crippen molar-refractivity contribution < 1.29 is 57.4 Å². The number of sulfonamides is 1. The van der Waals surface area contributed by atoms with Crippen LogP contribution in [0.1, 0.15) is 16.1 Å². The molecule has 1 aromatic heterocycles. The van der Waals surface area contributed by atoms with Crippen molar-refractivity contribution in [2.75, 3.05) is 5.32 Å². The fraction of sp³-hybridized carbons (Fsp3) is 0.0833. The molecular weight excluding hydrogens is 323 g/mol. The van der Waals surface area contributed by atoms with Crippen molar-refractivity contribution in [1.82, 2.24) is 0 Å². The first-order valence-electron chi connectivity index (χ1n) is 5.66. The number of primary sulfonamides is 1. The Morgan fingerprint density at radius 3 is 2.59 bits per heavy atom. The monoisotopic (exact) mass is 334 g/mol. The molecule has 0 spiro atoms. The van der Waals surface area contributed by atoms with Gasteiger partial charge in [0.15, 0.2) is 0 Å². The molecule has 22 heavy (non-hydrogen) atoms. The third kappa shape index (κ3) is 4.24. The third-order valence-electron chi connectivity index (χ3n) is 2.66. The number of hydrogen-bond acceptors (Lipinski definition) is 7. The van der Waals surface area contributed by atoms with E-state index in [2.05, 4.69) is 5.32 Å². The molecule has 1 heterocycles. The molecule has 0 fully saturated rings. The number of carboxylic acid groups (broad SMARTS) is 1. The maximum atomic E-state index is 11.3. The van der Waals surface area contributed by atoms with Crippen molar-refractivity contribution in [1.29, 1.82) is 0 Å². The number of aromatic carboxylic acids is 1. The van der Waals surface area contributed by atoms with Crippen molar-refractivity contribution in [2.45, 2.75) is 11.4 Å². The van der Waals surface area contributed by atoms with Crippen molar-refractivity contribution >= 4 is 21.7 Å². The number of anilines is 1. The number of carbonyl (C=O) groups excluding carboxylic acids is 1. The largest absolute Gasteiger partial charge is 1.00 e. The summed E-state index contributed by atoms with van der Waals surface area (Å²) in [4.78, 5) is 10.4. The van der Waals surface area contributed by atoms with Gasteiger partial charge in [-0.3, -0.25) is 0 Å². The Balaban J connectivity index is 0.00000242. The molecule has 0 amide bonds. The van der Waals surface area contributed by atoms with E-state index in [0.717, 1.165) is 12.1 Å². The van der Waals surface area contributed by atoms with E-state index >= 15 is 0 Å². The molecule has 0 aliphatic heterocycles. The van der Waals surface area contributed by atoms with Crippen LogP contribution in [0.3, 0.4) is 0 Å². The summed E-state index contributed by atoms with van der Waals surface area (Å²) in [5.41, 5.74) is -0.459. The smallest absolute Gasteiger partial charge is 0.545 e. The molecule has 0 unspecified atom stereocenters. The topological polar surface area (TPSA) is 146 Å². The Morgan fingerprint density at radius 2 is 2.09 bits per heavy atom. The van der Waals surface area contributed by atoms with E-state index in [9.17, 15) is 23.4 Å². The van der Waals surface area contributed by atoms with Crippen LogP contribution in [-0.2, 0) is 16.6 Å². The molecule has 0 aliphatic rings. The number of nitrogens with two attached hydrogens (primary N) is 1. The molecule has 2 rings (SSSR count). The van der Waals surface area contributed by atoms with Gasteiger partial charge in [-0.2, -0.15) is 0 Å². The van der Waals surface area contributed by atoms with Crippen LogP contribution in [0.2, 0.25) is 0 Å². The van der Waals surface area contributed by atoms with E-state index in [1.807, 2.05) is 0 Å². The van der Waals surface area contributed by atoms with Crippen molar-refractivity contribution in [3.8, 4) is 5.75 Å². The van der Waals surface area contributed by atoms with Crippen LogP contribution in [0.5, 0.6) is 5.75 Å². The SMILES string of the molecule is NS(=O)(=O)c1cc(C(=O)[O-])c(NCc2ccco2)cc1O.[Na+]. The number of rotatable bonds is 5. The zero-order valence-electron chi connectivity index (χ0n) is 11.6. The Labute approximate surface area is 148 Å². The van der Waals surface area contributed by atoms with Gasteiger partial charge in [-0.25, -0.2) is 13.6 Å². The first-order valence-corrected chi connectivity index (χ1v) is 7.21. The number of benzene rings is 1. The summed E-state index contributed by atoms with van der Waals surface area (Å²) in [5.74, 6) is -1.75. The summed E-state index contributed by atoms with van der Waals surface area (Å²) in [7, 11) is -4.25. The van der Waals surface area contributed by atoms with Gasteiger partial charge in [0.1, 0.15) is 16.4 Å². The maximum Gasteiger partial charge on any atom is 1.00 e. The number of carboxylic acids is 1. The predicted molar refractivity (Wildman–Crippen MR) is 69.8 cm³/mol. The van der Waals surface area contributed by atoms with E-state index in [1.54, 1.807) is 12.1 Å². The van der Waals surface area contributed by atoms with Gasteiger partial charge in [0.05, 0.1) is 18.8 Å². The second-order valence-electron chi connectivity index (χ2n) is 4.13. The first kappa shape index (κ1) is 18.5. The molecule has 112 valence electrons. The summed E-state index contributed by atoms with van der Waals surface area (Å²) in [6.45, 7) is 0.140.